The average molecular weight is 130 g/mol. The third-order valence-corrected chi connectivity index (χ3v) is 1.11. The van der Waals surface area contributed by atoms with Crippen molar-refractivity contribution in [3.8, 4) is 0 Å². The maximum absolute atomic E-state index is 12.4. The maximum Gasteiger partial charge on any atom is 0.230 e. The Morgan fingerprint density at radius 3 is 2.67 bits per heavy atom. The van der Waals surface area contributed by atoms with E-state index in [1.165, 1.54) is 6.08 Å². The van der Waals surface area contributed by atoms with E-state index in [1.807, 2.05) is 0 Å². The Morgan fingerprint density at radius 1 is 1.67 bits per heavy atom. The van der Waals surface area contributed by atoms with Crippen molar-refractivity contribution in [3.63, 3.8) is 0 Å². The second-order valence-corrected chi connectivity index (χ2v) is 1.99. The van der Waals surface area contributed by atoms with Crippen molar-refractivity contribution in [2.24, 2.45) is 0 Å². The standard InChI is InChI=1S/C6H7FO2/c7-6(9)3-1-5(8)2-4-6/h1-3,8-9H,4H2. The fraction of sp³-hybridized carbons (Fsp3) is 0.333. The molecule has 0 fully saturated rings. The van der Waals surface area contributed by atoms with Crippen LogP contribution in [0.1, 0.15) is 6.42 Å². The van der Waals surface area contributed by atoms with E-state index >= 15 is 0 Å². The molecule has 0 aliphatic heterocycles. The number of aliphatic hydroxyl groups excluding tert-OH is 1. The summed E-state index contributed by atoms with van der Waals surface area (Å²) in [5.41, 5.74) is 0. The largest absolute Gasteiger partial charge is 0.508 e. The molecule has 0 aromatic rings. The number of allylic oxidation sites excluding steroid dienone is 1. The van der Waals surface area contributed by atoms with Crippen molar-refractivity contribution >= 4 is 0 Å². The zero-order valence-electron chi connectivity index (χ0n) is 4.71. The van der Waals surface area contributed by atoms with E-state index < -0.39 is 5.85 Å². The van der Waals surface area contributed by atoms with Crippen molar-refractivity contribution in [3.05, 3.63) is 24.0 Å². The number of hydrogen-bond donors (Lipinski definition) is 2. The molecule has 0 radical (unpaired) electrons. The third-order valence-electron chi connectivity index (χ3n) is 1.11. The zero-order valence-corrected chi connectivity index (χ0v) is 4.71. The van der Waals surface area contributed by atoms with Gasteiger partial charge in [-0.2, -0.15) is 0 Å². The molecule has 0 saturated heterocycles. The van der Waals surface area contributed by atoms with E-state index in [9.17, 15) is 4.39 Å². The van der Waals surface area contributed by atoms with Gasteiger partial charge in [0.05, 0.1) is 0 Å². The lowest BCUT2D eigenvalue weighted by Crippen LogP contribution is -2.19. The molecule has 2 nitrogen and oxygen atoms in total. The second kappa shape index (κ2) is 1.84. The smallest absolute Gasteiger partial charge is 0.230 e. The van der Waals surface area contributed by atoms with Crippen LogP contribution in [0.25, 0.3) is 0 Å². The Morgan fingerprint density at radius 2 is 2.33 bits per heavy atom. The molecule has 3 heteroatoms. The molecule has 0 heterocycles. The lowest BCUT2D eigenvalue weighted by atomic mass is 10.1. The van der Waals surface area contributed by atoms with Gasteiger partial charge < -0.3 is 10.2 Å². The van der Waals surface area contributed by atoms with Crippen LogP contribution in [0.15, 0.2) is 24.0 Å². The lowest BCUT2D eigenvalue weighted by Gasteiger charge is -2.14. The van der Waals surface area contributed by atoms with Gasteiger partial charge in [-0.3, -0.25) is 0 Å². The molecular formula is C6H7FO2. The van der Waals surface area contributed by atoms with Gasteiger partial charge >= 0.3 is 0 Å². The van der Waals surface area contributed by atoms with Gasteiger partial charge in [-0.1, -0.05) is 0 Å². The monoisotopic (exact) mass is 130 g/mol. The Balaban J connectivity index is 2.70. The number of hydrogen-bond acceptors (Lipinski definition) is 2. The van der Waals surface area contributed by atoms with Gasteiger partial charge in [0.25, 0.3) is 0 Å². The number of aliphatic hydroxyl groups is 2. The molecule has 0 bridgehead atoms. The van der Waals surface area contributed by atoms with Crippen molar-refractivity contribution in [1.29, 1.82) is 0 Å². The summed E-state index contributed by atoms with van der Waals surface area (Å²) in [6.07, 6.45) is 3.10. The molecule has 1 atom stereocenters. The molecule has 1 unspecified atom stereocenters. The predicted molar refractivity (Wildman–Crippen MR) is 30.5 cm³/mol. The molecule has 1 aliphatic rings. The average Bonchev–Trinajstić information content (AvgIpc) is 1.78. The van der Waals surface area contributed by atoms with E-state index in [4.69, 9.17) is 10.2 Å². The quantitative estimate of drug-likeness (QED) is 0.514. The molecule has 0 aromatic carbocycles. The number of alkyl halides is 1. The van der Waals surface area contributed by atoms with Crippen molar-refractivity contribution in [2.45, 2.75) is 12.3 Å². The van der Waals surface area contributed by atoms with Gasteiger partial charge in [0, 0.05) is 6.42 Å². The fourth-order valence-electron chi connectivity index (χ4n) is 0.597. The van der Waals surface area contributed by atoms with Crippen molar-refractivity contribution in [2.75, 3.05) is 0 Å². The van der Waals surface area contributed by atoms with Crippen LogP contribution in [0, 0.1) is 0 Å². The molecule has 1 aliphatic carbocycles. The van der Waals surface area contributed by atoms with Gasteiger partial charge in [-0.05, 0) is 18.2 Å². The van der Waals surface area contributed by atoms with Gasteiger partial charge in [-0.25, -0.2) is 4.39 Å². The third kappa shape index (κ3) is 1.54. The van der Waals surface area contributed by atoms with Gasteiger partial charge in [0.2, 0.25) is 5.85 Å². The summed E-state index contributed by atoms with van der Waals surface area (Å²) in [7, 11) is 0. The minimum absolute atomic E-state index is 0.00248. The highest BCUT2D eigenvalue weighted by Crippen LogP contribution is 2.20. The van der Waals surface area contributed by atoms with E-state index in [0.29, 0.717) is 0 Å². The van der Waals surface area contributed by atoms with Crippen LogP contribution in [-0.4, -0.2) is 16.1 Å². The molecule has 0 saturated carbocycles. The minimum Gasteiger partial charge on any atom is -0.508 e. The maximum atomic E-state index is 12.4. The van der Waals surface area contributed by atoms with Gasteiger partial charge in [-0.15, -0.1) is 0 Å². The van der Waals surface area contributed by atoms with Crippen LogP contribution in [0.2, 0.25) is 0 Å². The highest BCUT2D eigenvalue weighted by molar-refractivity contribution is 5.19. The van der Waals surface area contributed by atoms with Gasteiger partial charge in [0.15, 0.2) is 0 Å². The van der Waals surface area contributed by atoms with Crippen LogP contribution in [0.4, 0.5) is 4.39 Å². The topological polar surface area (TPSA) is 40.5 Å². The van der Waals surface area contributed by atoms with E-state index in [2.05, 4.69) is 0 Å². The number of rotatable bonds is 0. The summed E-state index contributed by atoms with van der Waals surface area (Å²) >= 11 is 0. The summed E-state index contributed by atoms with van der Waals surface area (Å²) in [4.78, 5) is 0. The normalized spacial score (nSPS) is 34.2. The van der Waals surface area contributed by atoms with Gasteiger partial charge in [0.1, 0.15) is 5.76 Å². The van der Waals surface area contributed by atoms with E-state index in [1.54, 1.807) is 0 Å². The van der Waals surface area contributed by atoms with Crippen molar-refractivity contribution in [1.82, 2.24) is 0 Å². The van der Waals surface area contributed by atoms with Crippen LogP contribution in [0.3, 0.4) is 0 Å². The summed E-state index contributed by atoms with van der Waals surface area (Å²) in [6, 6.07) is 0. The first-order valence-corrected chi connectivity index (χ1v) is 2.60. The minimum atomic E-state index is -2.26. The van der Waals surface area contributed by atoms with E-state index in [0.717, 1.165) is 12.2 Å². The molecule has 50 valence electrons. The van der Waals surface area contributed by atoms with Crippen LogP contribution in [0.5, 0.6) is 0 Å². The lowest BCUT2D eigenvalue weighted by molar-refractivity contribution is -0.0398. The molecule has 2 N–H and O–H groups in total. The fourth-order valence-corrected chi connectivity index (χ4v) is 0.597. The Hall–Kier alpha value is -0.830. The van der Waals surface area contributed by atoms with Crippen molar-refractivity contribution < 1.29 is 14.6 Å². The first kappa shape index (κ1) is 6.29. The molecule has 9 heavy (non-hydrogen) atoms. The SMILES string of the molecule is OC1=CCC(O)(F)C=C1. The zero-order chi connectivity index (χ0) is 6.91. The Labute approximate surface area is 51.9 Å². The predicted octanol–water partition coefficient (Wildman–Crippen LogP) is 1.05. The first-order chi connectivity index (χ1) is 4.10. The highest BCUT2D eigenvalue weighted by atomic mass is 19.2. The van der Waals surface area contributed by atoms with Crippen LogP contribution < -0.4 is 0 Å². The molecule has 1 rings (SSSR count). The Bertz CT molecular complexity index is 170. The number of halogens is 1. The second-order valence-electron chi connectivity index (χ2n) is 1.99. The van der Waals surface area contributed by atoms with Crippen LogP contribution >= 0.6 is 0 Å². The summed E-state index contributed by atoms with van der Waals surface area (Å²) in [6.45, 7) is 0. The Kier molecular flexibility index (Phi) is 1.29. The van der Waals surface area contributed by atoms with E-state index in [-0.39, 0.29) is 12.2 Å². The highest BCUT2D eigenvalue weighted by Gasteiger charge is 2.22. The molecule has 0 amide bonds. The molecular weight excluding hydrogens is 123 g/mol. The molecule has 0 aromatic heterocycles. The molecule has 0 spiro atoms. The first-order valence-electron chi connectivity index (χ1n) is 2.60. The van der Waals surface area contributed by atoms with Crippen LogP contribution in [-0.2, 0) is 0 Å². The summed E-state index contributed by atoms with van der Waals surface area (Å²) < 4.78 is 12.4. The summed E-state index contributed by atoms with van der Waals surface area (Å²) in [5.74, 6) is -2.26. The summed E-state index contributed by atoms with van der Waals surface area (Å²) in [5, 5.41) is 17.2.